The summed E-state index contributed by atoms with van der Waals surface area (Å²) in [6, 6.07) is 1.07. The Hall–Kier alpha value is -1.63. The highest BCUT2D eigenvalue weighted by molar-refractivity contribution is 9.10. The Morgan fingerprint density at radius 2 is 1.95 bits per heavy atom. The SMILES string of the molecule is Cc1cc(F)c(Br)cc1NC(=O)N[C@@H](C(=O)O)C(C)C. The molecule has 0 fully saturated rings. The molecule has 0 aliphatic rings. The summed E-state index contributed by atoms with van der Waals surface area (Å²) in [5.41, 5.74) is 0.945. The van der Waals surface area contributed by atoms with Gasteiger partial charge in [-0.25, -0.2) is 14.0 Å². The van der Waals surface area contributed by atoms with E-state index in [1.54, 1.807) is 20.8 Å². The minimum atomic E-state index is -1.10. The van der Waals surface area contributed by atoms with Gasteiger partial charge in [0.2, 0.25) is 0 Å². The summed E-state index contributed by atoms with van der Waals surface area (Å²) in [5.74, 6) is -1.79. The molecule has 0 aliphatic heterocycles. The summed E-state index contributed by atoms with van der Waals surface area (Å²) in [6.45, 7) is 5.03. The fraction of sp³-hybridized carbons (Fsp3) is 0.385. The van der Waals surface area contributed by atoms with Crippen LogP contribution in [0.5, 0.6) is 0 Å². The zero-order chi connectivity index (χ0) is 15.4. The van der Waals surface area contributed by atoms with E-state index in [1.165, 1.54) is 12.1 Å². The summed E-state index contributed by atoms with van der Waals surface area (Å²) in [4.78, 5) is 22.8. The first-order valence-electron chi connectivity index (χ1n) is 5.98. The lowest BCUT2D eigenvalue weighted by Gasteiger charge is -2.18. The zero-order valence-corrected chi connectivity index (χ0v) is 12.9. The topological polar surface area (TPSA) is 78.4 Å². The van der Waals surface area contributed by atoms with Crippen LogP contribution in [0.2, 0.25) is 0 Å². The van der Waals surface area contributed by atoms with E-state index in [0.717, 1.165) is 0 Å². The number of urea groups is 1. The van der Waals surface area contributed by atoms with Gasteiger partial charge in [0, 0.05) is 5.69 Å². The van der Waals surface area contributed by atoms with E-state index in [2.05, 4.69) is 26.6 Å². The summed E-state index contributed by atoms with van der Waals surface area (Å²) in [6.07, 6.45) is 0. The number of carboxylic acid groups (broad SMARTS) is 1. The number of carbonyl (C=O) groups is 2. The van der Waals surface area contributed by atoms with E-state index >= 15 is 0 Å². The molecule has 2 amide bonds. The van der Waals surface area contributed by atoms with Gasteiger partial charge >= 0.3 is 12.0 Å². The van der Waals surface area contributed by atoms with Gasteiger partial charge in [-0.15, -0.1) is 0 Å². The van der Waals surface area contributed by atoms with E-state index in [9.17, 15) is 14.0 Å². The third-order valence-corrected chi connectivity index (χ3v) is 3.34. The van der Waals surface area contributed by atoms with Crippen LogP contribution < -0.4 is 10.6 Å². The molecule has 0 heterocycles. The lowest BCUT2D eigenvalue weighted by Crippen LogP contribution is -2.46. The van der Waals surface area contributed by atoms with Crippen LogP contribution >= 0.6 is 15.9 Å². The molecule has 0 saturated carbocycles. The number of rotatable bonds is 4. The molecule has 0 spiro atoms. The molecule has 7 heteroatoms. The molecule has 3 N–H and O–H groups in total. The number of aliphatic carboxylic acids is 1. The Balaban J connectivity index is 2.81. The molecule has 0 radical (unpaired) electrons. The van der Waals surface area contributed by atoms with Crippen molar-refractivity contribution in [2.24, 2.45) is 5.92 Å². The highest BCUT2D eigenvalue weighted by atomic mass is 79.9. The zero-order valence-electron chi connectivity index (χ0n) is 11.3. The summed E-state index contributed by atoms with van der Waals surface area (Å²) in [5, 5.41) is 13.9. The van der Waals surface area contributed by atoms with Crippen molar-refractivity contribution in [3.63, 3.8) is 0 Å². The first-order chi connectivity index (χ1) is 9.22. The van der Waals surface area contributed by atoms with Gasteiger partial charge in [-0.05, 0) is 46.5 Å². The number of anilines is 1. The average Bonchev–Trinajstić information content (AvgIpc) is 2.32. The molecule has 5 nitrogen and oxygen atoms in total. The number of aryl methyl sites for hydroxylation is 1. The first-order valence-corrected chi connectivity index (χ1v) is 6.77. The van der Waals surface area contributed by atoms with Crippen molar-refractivity contribution in [2.45, 2.75) is 26.8 Å². The van der Waals surface area contributed by atoms with Crippen LogP contribution in [0, 0.1) is 18.7 Å². The van der Waals surface area contributed by atoms with Gasteiger partial charge in [-0.2, -0.15) is 0 Å². The lowest BCUT2D eigenvalue weighted by molar-refractivity contribution is -0.140. The monoisotopic (exact) mass is 346 g/mol. The summed E-state index contributed by atoms with van der Waals surface area (Å²) >= 11 is 3.03. The van der Waals surface area contributed by atoms with Crippen molar-refractivity contribution >= 4 is 33.6 Å². The predicted molar refractivity (Wildman–Crippen MR) is 77.3 cm³/mol. The van der Waals surface area contributed by atoms with Gasteiger partial charge in [0.05, 0.1) is 4.47 Å². The fourth-order valence-corrected chi connectivity index (χ4v) is 1.94. The molecule has 1 aromatic carbocycles. The Labute approximate surface area is 124 Å². The van der Waals surface area contributed by atoms with Crippen LogP contribution in [0.15, 0.2) is 16.6 Å². The maximum atomic E-state index is 13.3. The largest absolute Gasteiger partial charge is 0.480 e. The second kappa shape index (κ2) is 6.69. The van der Waals surface area contributed by atoms with Gasteiger partial charge in [0.25, 0.3) is 0 Å². The second-order valence-electron chi connectivity index (χ2n) is 4.74. The summed E-state index contributed by atoms with van der Waals surface area (Å²) in [7, 11) is 0. The molecule has 110 valence electrons. The molecule has 1 aromatic rings. The van der Waals surface area contributed by atoms with Crippen LogP contribution in [0.4, 0.5) is 14.9 Å². The molecular formula is C13H16BrFN2O3. The molecule has 20 heavy (non-hydrogen) atoms. The molecule has 0 saturated heterocycles. The van der Waals surface area contributed by atoms with Crippen LogP contribution in [0.3, 0.4) is 0 Å². The number of amides is 2. The molecule has 0 aliphatic carbocycles. The van der Waals surface area contributed by atoms with E-state index in [1.807, 2.05) is 0 Å². The predicted octanol–water partition coefficient (Wildman–Crippen LogP) is 3.13. The van der Waals surface area contributed by atoms with Crippen LogP contribution in [-0.2, 0) is 4.79 Å². The van der Waals surface area contributed by atoms with Crippen molar-refractivity contribution in [1.29, 1.82) is 0 Å². The molecule has 1 rings (SSSR count). The average molecular weight is 347 g/mol. The number of hydrogen-bond donors (Lipinski definition) is 3. The molecule has 0 unspecified atom stereocenters. The minimum absolute atomic E-state index is 0.219. The van der Waals surface area contributed by atoms with Crippen LogP contribution in [0.25, 0.3) is 0 Å². The van der Waals surface area contributed by atoms with Crippen molar-refractivity contribution < 1.29 is 19.1 Å². The Morgan fingerprint density at radius 1 is 1.35 bits per heavy atom. The third-order valence-electron chi connectivity index (χ3n) is 2.73. The van der Waals surface area contributed by atoms with E-state index in [4.69, 9.17) is 5.11 Å². The van der Waals surface area contributed by atoms with Gasteiger partial charge in [0.1, 0.15) is 11.9 Å². The van der Waals surface area contributed by atoms with Crippen molar-refractivity contribution in [3.05, 3.63) is 28.0 Å². The first kappa shape index (κ1) is 16.4. The van der Waals surface area contributed by atoms with Crippen molar-refractivity contribution in [2.75, 3.05) is 5.32 Å². The minimum Gasteiger partial charge on any atom is -0.480 e. The van der Waals surface area contributed by atoms with Gasteiger partial charge in [0.15, 0.2) is 0 Å². The number of nitrogens with one attached hydrogen (secondary N) is 2. The van der Waals surface area contributed by atoms with Crippen molar-refractivity contribution in [3.8, 4) is 0 Å². The van der Waals surface area contributed by atoms with E-state index in [-0.39, 0.29) is 10.4 Å². The van der Waals surface area contributed by atoms with Gasteiger partial charge < -0.3 is 15.7 Å². The maximum absolute atomic E-state index is 13.3. The Morgan fingerprint density at radius 3 is 2.45 bits per heavy atom. The number of hydrogen-bond acceptors (Lipinski definition) is 2. The second-order valence-corrected chi connectivity index (χ2v) is 5.59. The van der Waals surface area contributed by atoms with E-state index in [0.29, 0.717) is 11.3 Å². The van der Waals surface area contributed by atoms with Crippen molar-refractivity contribution in [1.82, 2.24) is 5.32 Å². The van der Waals surface area contributed by atoms with Crippen LogP contribution in [-0.4, -0.2) is 23.1 Å². The number of carboxylic acids is 1. The highest BCUT2D eigenvalue weighted by Crippen LogP contribution is 2.24. The molecule has 1 atom stereocenters. The Bertz CT molecular complexity index is 535. The maximum Gasteiger partial charge on any atom is 0.326 e. The molecule has 0 aromatic heterocycles. The van der Waals surface area contributed by atoms with Crippen LogP contribution in [0.1, 0.15) is 19.4 Å². The molecular weight excluding hydrogens is 331 g/mol. The highest BCUT2D eigenvalue weighted by Gasteiger charge is 2.23. The quantitative estimate of drug-likeness (QED) is 0.783. The Kier molecular flexibility index (Phi) is 5.50. The number of halogens is 2. The smallest absolute Gasteiger partial charge is 0.326 e. The molecule has 0 bridgehead atoms. The van der Waals surface area contributed by atoms with Gasteiger partial charge in [-0.1, -0.05) is 13.8 Å². The summed E-state index contributed by atoms with van der Waals surface area (Å²) < 4.78 is 13.5. The standard InChI is InChI=1S/C13H16BrFN2O3/c1-6(2)11(12(18)19)17-13(20)16-10-5-8(14)9(15)4-7(10)3/h4-6,11H,1-3H3,(H,18,19)(H2,16,17,20)/t11-/m1/s1. The normalized spacial score (nSPS) is 12.1. The lowest BCUT2D eigenvalue weighted by atomic mass is 10.1. The fourth-order valence-electron chi connectivity index (χ4n) is 1.59. The number of carbonyl (C=O) groups excluding carboxylic acids is 1. The van der Waals surface area contributed by atoms with E-state index < -0.39 is 23.9 Å². The van der Waals surface area contributed by atoms with Gasteiger partial charge in [-0.3, -0.25) is 0 Å². The number of benzene rings is 1. The third kappa shape index (κ3) is 4.19.